The molecule has 0 bridgehead atoms. The SMILES string of the molecule is Cc1[nH]nc(-c2ccc(F)cc2)c1-c1nc(C(=O)NC(C)C)ns1. The second-order valence-corrected chi connectivity index (χ2v) is 6.38. The summed E-state index contributed by atoms with van der Waals surface area (Å²) >= 11 is 1.13. The Labute approximate surface area is 142 Å². The second-order valence-electron chi connectivity index (χ2n) is 5.63. The lowest BCUT2D eigenvalue weighted by molar-refractivity contribution is 0.0934. The van der Waals surface area contributed by atoms with E-state index in [1.165, 1.54) is 12.1 Å². The maximum Gasteiger partial charge on any atom is 0.290 e. The molecule has 3 aromatic rings. The molecule has 0 radical (unpaired) electrons. The van der Waals surface area contributed by atoms with Crippen molar-refractivity contribution in [1.29, 1.82) is 0 Å². The first-order valence-corrected chi connectivity index (χ1v) is 8.19. The van der Waals surface area contributed by atoms with E-state index in [9.17, 15) is 9.18 Å². The number of hydrogen-bond donors (Lipinski definition) is 2. The monoisotopic (exact) mass is 345 g/mol. The van der Waals surface area contributed by atoms with Gasteiger partial charge in [0.1, 0.15) is 16.5 Å². The average Bonchev–Trinajstić information content (AvgIpc) is 3.14. The van der Waals surface area contributed by atoms with Gasteiger partial charge in [-0.2, -0.15) is 9.47 Å². The summed E-state index contributed by atoms with van der Waals surface area (Å²) in [5.74, 6) is -0.484. The maximum absolute atomic E-state index is 13.1. The minimum atomic E-state index is -0.309. The first kappa shape index (κ1) is 16.3. The third-order valence-electron chi connectivity index (χ3n) is 3.33. The van der Waals surface area contributed by atoms with Gasteiger partial charge in [0.25, 0.3) is 5.91 Å². The van der Waals surface area contributed by atoms with Crippen LogP contribution in [0.5, 0.6) is 0 Å². The number of aromatic nitrogens is 4. The zero-order valence-electron chi connectivity index (χ0n) is 13.4. The lowest BCUT2D eigenvalue weighted by Gasteiger charge is -2.04. The molecule has 0 aliphatic rings. The highest BCUT2D eigenvalue weighted by Gasteiger charge is 2.20. The molecule has 24 heavy (non-hydrogen) atoms. The summed E-state index contributed by atoms with van der Waals surface area (Å²) < 4.78 is 17.3. The van der Waals surface area contributed by atoms with Crippen LogP contribution in [0.3, 0.4) is 0 Å². The van der Waals surface area contributed by atoms with Crippen molar-refractivity contribution in [3.8, 4) is 21.8 Å². The topological polar surface area (TPSA) is 83.6 Å². The normalized spacial score (nSPS) is 11.0. The molecular formula is C16H16FN5OS. The highest BCUT2D eigenvalue weighted by Crippen LogP contribution is 2.33. The number of nitrogens with zero attached hydrogens (tertiary/aromatic N) is 3. The van der Waals surface area contributed by atoms with E-state index < -0.39 is 0 Å². The van der Waals surface area contributed by atoms with Crippen molar-refractivity contribution in [2.75, 3.05) is 0 Å². The van der Waals surface area contributed by atoms with Crippen molar-refractivity contribution in [3.05, 3.63) is 41.6 Å². The van der Waals surface area contributed by atoms with E-state index in [2.05, 4.69) is 24.9 Å². The van der Waals surface area contributed by atoms with Crippen molar-refractivity contribution in [2.24, 2.45) is 0 Å². The summed E-state index contributed by atoms with van der Waals surface area (Å²) in [5, 5.41) is 10.6. The fourth-order valence-electron chi connectivity index (χ4n) is 2.25. The Kier molecular flexibility index (Phi) is 4.39. The number of hydrogen-bond acceptors (Lipinski definition) is 5. The first-order chi connectivity index (χ1) is 11.5. The number of benzene rings is 1. The number of aromatic amines is 1. The highest BCUT2D eigenvalue weighted by atomic mass is 32.1. The Bertz CT molecular complexity index is 869. The molecule has 0 saturated heterocycles. The Balaban J connectivity index is 1.99. The fraction of sp³-hybridized carbons (Fsp3) is 0.250. The van der Waals surface area contributed by atoms with Crippen molar-refractivity contribution in [1.82, 2.24) is 24.9 Å². The summed E-state index contributed by atoms with van der Waals surface area (Å²) in [6.07, 6.45) is 0. The van der Waals surface area contributed by atoms with Crippen molar-refractivity contribution >= 4 is 17.4 Å². The third kappa shape index (κ3) is 3.18. The number of amides is 1. The number of aryl methyl sites for hydroxylation is 1. The standard InChI is InChI=1S/C16H16FN5OS/c1-8(2)18-15(23)14-19-16(24-22-14)12-9(3)20-21-13(12)10-4-6-11(17)7-5-10/h4-8H,1-3H3,(H,18,23)(H,20,21). The van der Waals surface area contributed by atoms with E-state index in [1.54, 1.807) is 12.1 Å². The Hall–Kier alpha value is -2.61. The zero-order chi connectivity index (χ0) is 17.3. The molecule has 0 fully saturated rings. The molecule has 2 aromatic heterocycles. The Morgan fingerprint density at radius 3 is 2.67 bits per heavy atom. The molecule has 2 N–H and O–H groups in total. The molecule has 6 nitrogen and oxygen atoms in total. The maximum atomic E-state index is 13.1. The van der Waals surface area contributed by atoms with Crippen LogP contribution in [0.15, 0.2) is 24.3 Å². The average molecular weight is 345 g/mol. The summed E-state index contributed by atoms with van der Waals surface area (Å²) in [4.78, 5) is 16.4. The summed E-state index contributed by atoms with van der Waals surface area (Å²) in [7, 11) is 0. The van der Waals surface area contributed by atoms with Gasteiger partial charge in [0.2, 0.25) is 5.82 Å². The van der Waals surface area contributed by atoms with E-state index in [-0.39, 0.29) is 23.6 Å². The quantitative estimate of drug-likeness (QED) is 0.761. The molecule has 8 heteroatoms. The van der Waals surface area contributed by atoms with Gasteiger partial charge < -0.3 is 5.32 Å². The summed E-state index contributed by atoms with van der Waals surface area (Å²) in [5.41, 5.74) is 2.99. The third-order valence-corrected chi connectivity index (χ3v) is 4.06. The van der Waals surface area contributed by atoms with Crippen LogP contribution in [0.25, 0.3) is 21.8 Å². The van der Waals surface area contributed by atoms with Crippen molar-refractivity contribution in [3.63, 3.8) is 0 Å². The van der Waals surface area contributed by atoms with Gasteiger partial charge in [-0.15, -0.1) is 0 Å². The molecule has 0 aliphatic heterocycles. The molecule has 3 rings (SSSR count). The summed E-state index contributed by atoms with van der Waals surface area (Å²) in [6, 6.07) is 6.08. The number of nitrogens with one attached hydrogen (secondary N) is 2. The Morgan fingerprint density at radius 2 is 2.00 bits per heavy atom. The van der Waals surface area contributed by atoms with Crippen molar-refractivity contribution < 1.29 is 9.18 Å². The molecule has 0 saturated carbocycles. The van der Waals surface area contributed by atoms with E-state index >= 15 is 0 Å². The van der Waals surface area contributed by atoms with Crippen LogP contribution in [0, 0.1) is 12.7 Å². The number of carbonyl (C=O) groups excluding carboxylic acids is 1. The smallest absolute Gasteiger partial charge is 0.290 e. The lowest BCUT2D eigenvalue weighted by atomic mass is 10.1. The fourth-order valence-corrected chi connectivity index (χ4v) is 3.02. The molecule has 0 spiro atoms. The molecule has 0 aliphatic carbocycles. The van der Waals surface area contributed by atoms with Crippen molar-refractivity contribution in [2.45, 2.75) is 26.8 Å². The number of H-pyrrole nitrogens is 1. The molecule has 1 aromatic carbocycles. The van der Waals surface area contributed by atoms with E-state index in [1.807, 2.05) is 20.8 Å². The van der Waals surface area contributed by atoms with Crippen LogP contribution in [0.1, 0.15) is 30.2 Å². The van der Waals surface area contributed by atoms with Gasteiger partial charge >= 0.3 is 0 Å². The number of carbonyl (C=O) groups is 1. The predicted molar refractivity (Wildman–Crippen MR) is 90.2 cm³/mol. The summed E-state index contributed by atoms with van der Waals surface area (Å²) in [6.45, 7) is 5.61. The lowest BCUT2D eigenvalue weighted by Crippen LogP contribution is -2.30. The minimum absolute atomic E-state index is 0.00916. The predicted octanol–water partition coefficient (Wildman–Crippen LogP) is 3.18. The molecule has 2 heterocycles. The highest BCUT2D eigenvalue weighted by molar-refractivity contribution is 7.09. The number of halogens is 1. The van der Waals surface area contributed by atoms with Crippen LogP contribution >= 0.6 is 11.5 Å². The van der Waals surface area contributed by atoms with Gasteiger partial charge in [0, 0.05) is 17.3 Å². The first-order valence-electron chi connectivity index (χ1n) is 7.41. The van der Waals surface area contributed by atoms with Gasteiger partial charge in [0.15, 0.2) is 0 Å². The molecule has 1 amide bonds. The van der Waals surface area contributed by atoms with Crippen LogP contribution in [-0.4, -0.2) is 31.5 Å². The van der Waals surface area contributed by atoms with E-state index in [0.717, 1.165) is 28.4 Å². The number of rotatable bonds is 4. The van der Waals surface area contributed by atoms with Crippen LogP contribution < -0.4 is 5.32 Å². The van der Waals surface area contributed by atoms with Crippen LogP contribution in [-0.2, 0) is 0 Å². The molecule has 0 unspecified atom stereocenters. The zero-order valence-corrected chi connectivity index (χ0v) is 14.2. The Morgan fingerprint density at radius 1 is 1.29 bits per heavy atom. The van der Waals surface area contributed by atoms with Crippen LogP contribution in [0.4, 0.5) is 4.39 Å². The molecule has 0 atom stereocenters. The second kappa shape index (κ2) is 6.48. The van der Waals surface area contributed by atoms with Gasteiger partial charge in [-0.25, -0.2) is 9.37 Å². The van der Waals surface area contributed by atoms with Gasteiger partial charge in [-0.1, -0.05) is 0 Å². The minimum Gasteiger partial charge on any atom is -0.347 e. The van der Waals surface area contributed by atoms with Gasteiger partial charge in [0.05, 0.1) is 5.56 Å². The van der Waals surface area contributed by atoms with Gasteiger partial charge in [-0.3, -0.25) is 9.89 Å². The largest absolute Gasteiger partial charge is 0.347 e. The van der Waals surface area contributed by atoms with Gasteiger partial charge in [-0.05, 0) is 56.6 Å². The molecular weight excluding hydrogens is 329 g/mol. The molecule has 124 valence electrons. The van der Waals surface area contributed by atoms with E-state index in [4.69, 9.17) is 0 Å². The van der Waals surface area contributed by atoms with Crippen LogP contribution in [0.2, 0.25) is 0 Å². The van der Waals surface area contributed by atoms with E-state index in [0.29, 0.717) is 10.7 Å².